The highest BCUT2D eigenvalue weighted by molar-refractivity contribution is 5.96. The van der Waals surface area contributed by atoms with E-state index in [1.165, 1.54) is 10.2 Å². The maximum atomic E-state index is 12.6. The third kappa shape index (κ3) is 5.39. The van der Waals surface area contributed by atoms with Gasteiger partial charge in [0.15, 0.2) is 17.8 Å². The molecule has 216 valence electrons. The first-order valence-electron chi connectivity index (χ1n) is 14.3. The third-order valence-corrected chi connectivity index (χ3v) is 7.53. The van der Waals surface area contributed by atoms with Crippen molar-refractivity contribution >= 4 is 28.6 Å². The minimum atomic E-state index is -0.621. The van der Waals surface area contributed by atoms with Crippen molar-refractivity contribution in [3.63, 3.8) is 0 Å². The Morgan fingerprint density at radius 1 is 1.20 bits per heavy atom. The zero-order chi connectivity index (χ0) is 27.9. The number of carbonyl (C=O) groups is 1. The standard InChI is InChI=1S/C28H39N7O5/c1-19-18-37-15-13-33(19)25-20-8-10-32(12-16-39-23-7-5-6-14-38-23)24(20)21-17-29-35(26(21)30-25)22-9-11-34(31-22)27(36)40-28(2,3)4/h9,11,17,19,23H,5-8,10,12-16,18H2,1-4H3/t19-,23?/m1/s1. The van der Waals surface area contributed by atoms with Crippen LogP contribution in [0.1, 0.15) is 52.5 Å². The van der Waals surface area contributed by atoms with Gasteiger partial charge in [-0.2, -0.15) is 14.5 Å². The summed E-state index contributed by atoms with van der Waals surface area (Å²) in [5.74, 6) is 1.46. The average molecular weight is 554 g/mol. The lowest BCUT2D eigenvalue weighted by atomic mass is 10.1. The van der Waals surface area contributed by atoms with Crippen LogP contribution in [0.25, 0.3) is 16.9 Å². The number of nitrogens with zero attached hydrogens (tertiary/aromatic N) is 7. The second kappa shape index (κ2) is 11.0. The molecule has 0 saturated carbocycles. The first-order valence-corrected chi connectivity index (χ1v) is 14.3. The third-order valence-electron chi connectivity index (χ3n) is 7.53. The monoisotopic (exact) mass is 553 g/mol. The van der Waals surface area contributed by atoms with E-state index in [9.17, 15) is 4.79 Å². The van der Waals surface area contributed by atoms with E-state index < -0.39 is 11.7 Å². The predicted octanol–water partition coefficient (Wildman–Crippen LogP) is 3.53. The molecule has 2 atom stereocenters. The van der Waals surface area contributed by atoms with Crippen LogP contribution in [0.2, 0.25) is 0 Å². The Hall–Kier alpha value is -3.22. The fraction of sp³-hybridized carbons (Fsp3) is 0.643. The maximum absolute atomic E-state index is 12.6. The molecule has 0 aromatic carbocycles. The second-order valence-corrected chi connectivity index (χ2v) is 11.7. The summed E-state index contributed by atoms with van der Waals surface area (Å²) in [6, 6.07) is 1.95. The second-order valence-electron chi connectivity index (χ2n) is 11.7. The minimum Gasteiger partial charge on any atom is -0.442 e. The van der Waals surface area contributed by atoms with Gasteiger partial charge in [0.2, 0.25) is 0 Å². The molecule has 3 aromatic heterocycles. The highest BCUT2D eigenvalue weighted by atomic mass is 16.7. The zero-order valence-corrected chi connectivity index (χ0v) is 23.8. The summed E-state index contributed by atoms with van der Waals surface area (Å²) in [6.07, 6.45) is 6.89. The molecular weight excluding hydrogens is 514 g/mol. The van der Waals surface area contributed by atoms with E-state index in [0.29, 0.717) is 31.3 Å². The number of pyridine rings is 1. The van der Waals surface area contributed by atoms with Crippen LogP contribution in [0, 0.1) is 0 Å². The number of carbonyl (C=O) groups excluding carboxylic acids is 1. The Labute approximate surface area is 234 Å². The molecule has 2 saturated heterocycles. The van der Waals surface area contributed by atoms with E-state index in [2.05, 4.69) is 26.9 Å². The highest BCUT2D eigenvalue weighted by Gasteiger charge is 2.33. The van der Waals surface area contributed by atoms with Crippen molar-refractivity contribution in [1.29, 1.82) is 0 Å². The van der Waals surface area contributed by atoms with Crippen molar-refractivity contribution < 1.29 is 23.7 Å². The summed E-state index contributed by atoms with van der Waals surface area (Å²) in [7, 11) is 0. The molecular formula is C28H39N7O5. The van der Waals surface area contributed by atoms with E-state index in [0.717, 1.165) is 68.8 Å². The topological polar surface area (TPSA) is 109 Å². The summed E-state index contributed by atoms with van der Waals surface area (Å²) in [5.41, 5.74) is 2.45. The lowest BCUT2D eigenvalue weighted by Gasteiger charge is -2.35. The van der Waals surface area contributed by atoms with Crippen LogP contribution in [0.15, 0.2) is 18.5 Å². The molecule has 1 unspecified atom stereocenters. The number of aromatic nitrogens is 5. The van der Waals surface area contributed by atoms with Gasteiger partial charge in [-0.25, -0.2) is 9.78 Å². The zero-order valence-electron chi connectivity index (χ0n) is 23.8. The Morgan fingerprint density at radius 2 is 2.08 bits per heavy atom. The van der Waals surface area contributed by atoms with Gasteiger partial charge in [0.05, 0.1) is 43.1 Å². The summed E-state index contributed by atoms with van der Waals surface area (Å²) in [5, 5.41) is 10.1. The molecule has 0 N–H and O–H groups in total. The summed E-state index contributed by atoms with van der Waals surface area (Å²) >= 11 is 0. The number of fused-ring (bicyclic) bond motifs is 3. The molecule has 12 nitrogen and oxygen atoms in total. The van der Waals surface area contributed by atoms with E-state index in [1.807, 2.05) is 27.0 Å². The van der Waals surface area contributed by atoms with Crippen LogP contribution in [-0.2, 0) is 25.4 Å². The lowest BCUT2D eigenvalue weighted by molar-refractivity contribution is -0.160. The summed E-state index contributed by atoms with van der Waals surface area (Å²) in [4.78, 5) is 22.5. The van der Waals surface area contributed by atoms with Crippen LogP contribution in [-0.4, -0.2) is 94.6 Å². The Balaban J connectivity index is 1.34. The Bertz CT molecular complexity index is 1360. The summed E-state index contributed by atoms with van der Waals surface area (Å²) < 4.78 is 26.0. The van der Waals surface area contributed by atoms with Crippen LogP contribution in [0.5, 0.6) is 0 Å². The van der Waals surface area contributed by atoms with Crippen molar-refractivity contribution in [2.45, 2.75) is 71.3 Å². The van der Waals surface area contributed by atoms with Gasteiger partial charge < -0.3 is 28.7 Å². The number of morpholine rings is 1. The van der Waals surface area contributed by atoms with Crippen LogP contribution >= 0.6 is 0 Å². The maximum Gasteiger partial charge on any atom is 0.435 e. The number of hydrogen-bond acceptors (Lipinski definition) is 10. The highest BCUT2D eigenvalue weighted by Crippen LogP contribution is 2.41. The molecule has 40 heavy (non-hydrogen) atoms. The van der Waals surface area contributed by atoms with Gasteiger partial charge in [-0.3, -0.25) is 0 Å². The fourth-order valence-corrected chi connectivity index (χ4v) is 5.65. The number of ether oxygens (including phenoxy) is 4. The van der Waals surface area contributed by atoms with Gasteiger partial charge in [0, 0.05) is 44.1 Å². The fourth-order valence-electron chi connectivity index (χ4n) is 5.65. The normalized spacial score (nSPS) is 21.7. The van der Waals surface area contributed by atoms with Gasteiger partial charge >= 0.3 is 6.09 Å². The van der Waals surface area contributed by atoms with Gasteiger partial charge in [0.1, 0.15) is 11.4 Å². The molecule has 6 rings (SSSR count). The molecule has 6 heterocycles. The molecule has 12 heteroatoms. The first-order chi connectivity index (χ1) is 19.3. The molecule has 0 bridgehead atoms. The number of hydrogen-bond donors (Lipinski definition) is 0. The van der Waals surface area contributed by atoms with Gasteiger partial charge in [-0.1, -0.05) is 0 Å². The Morgan fingerprint density at radius 3 is 2.85 bits per heavy atom. The lowest BCUT2D eigenvalue weighted by Crippen LogP contribution is -2.44. The van der Waals surface area contributed by atoms with E-state index in [4.69, 9.17) is 23.9 Å². The van der Waals surface area contributed by atoms with Gasteiger partial charge in [-0.15, -0.1) is 5.10 Å². The van der Waals surface area contributed by atoms with Crippen molar-refractivity contribution in [1.82, 2.24) is 24.5 Å². The van der Waals surface area contributed by atoms with E-state index in [1.54, 1.807) is 16.9 Å². The molecule has 3 aliphatic heterocycles. The van der Waals surface area contributed by atoms with E-state index in [-0.39, 0.29) is 12.3 Å². The molecule has 0 radical (unpaired) electrons. The molecule has 3 aliphatic rings. The van der Waals surface area contributed by atoms with Gasteiger partial charge in [0.25, 0.3) is 0 Å². The SMILES string of the molecule is C[C@@H]1COCCN1c1nc2c(cnn2-c2ccn(C(=O)OC(C)(C)C)n2)c2c1CCN2CCOC1CCCCO1. The molecule has 2 fully saturated rings. The van der Waals surface area contributed by atoms with Crippen LogP contribution in [0.4, 0.5) is 16.3 Å². The van der Waals surface area contributed by atoms with Crippen molar-refractivity contribution in [3.05, 3.63) is 24.0 Å². The smallest absolute Gasteiger partial charge is 0.435 e. The quantitative estimate of drug-likeness (QED) is 0.450. The largest absolute Gasteiger partial charge is 0.442 e. The van der Waals surface area contributed by atoms with Gasteiger partial charge in [-0.05, 0) is 53.4 Å². The number of rotatable bonds is 6. The molecule has 0 amide bonds. The first kappa shape index (κ1) is 27.0. The Kier molecular flexibility index (Phi) is 7.41. The average Bonchev–Trinajstić information content (AvgIpc) is 3.66. The summed E-state index contributed by atoms with van der Waals surface area (Å²) in [6.45, 7) is 12.7. The molecule has 0 spiro atoms. The predicted molar refractivity (Wildman–Crippen MR) is 149 cm³/mol. The van der Waals surface area contributed by atoms with Crippen LogP contribution < -0.4 is 9.80 Å². The minimum absolute atomic E-state index is 0.110. The van der Waals surface area contributed by atoms with Crippen LogP contribution in [0.3, 0.4) is 0 Å². The van der Waals surface area contributed by atoms with Crippen molar-refractivity contribution in [2.75, 3.05) is 55.9 Å². The number of anilines is 2. The van der Waals surface area contributed by atoms with Crippen molar-refractivity contribution in [2.24, 2.45) is 0 Å². The molecule has 0 aliphatic carbocycles. The van der Waals surface area contributed by atoms with E-state index >= 15 is 0 Å². The molecule has 3 aromatic rings. The van der Waals surface area contributed by atoms with Crippen molar-refractivity contribution in [3.8, 4) is 5.82 Å².